The normalized spacial score (nSPS) is 16.9. The van der Waals surface area contributed by atoms with E-state index in [4.69, 9.17) is 0 Å². The third kappa shape index (κ3) is 5.18. The highest BCUT2D eigenvalue weighted by Crippen LogP contribution is 2.36. The van der Waals surface area contributed by atoms with Crippen molar-refractivity contribution in [1.82, 2.24) is 0 Å². The van der Waals surface area contributed by atoms with E-state index in [-0.39, 0.29) is 0 Å². The third-order valence-corrected chi connectivity index (χ3v) is 4.52. The van der Waals surface area contributed by atoms with Crippen molar-refractivity contribution in [3.05, 3.63) is 12.7 Å². The maximum atomic E-state index is 3.91. The van der Waals surface area contributed by atoms with Crippen LogP contribution < -0.4 is 0 Å². The van der Waals surface area contributed by atoms with Crippen molar-refractivity contribution in [3.63, 3.8) is 0 Å². The van der Waals surface area contributed by atoms with E-state index >= 15 is 0 Å². The van der Waals surface area contributed by atoms with Crippen molar-refractivity contribution >= 4 is 0 Å². The van der Waals surface area contributed by atoms with E-state index in [0.717, 1.165) is 5.92 Å². The van der Waals surface area contributed by atoms with E-state index in [1.807, 2.05) is 0 Å². The van der Waals surface area contributed by atoms with Crippen LogP contribution in [-0.4, -0.2) is 0 Å². The number of hydrogen-bond acceptors (Lipinski definition) is 0. The summed E-state index contributed by atoms with van der Waals surface area (Å²) in [4.78, 5) is 0. The Morgan fingerprint density at radius 1 is 1.06 bits per heavy atom. The predicted molar refractivity (Wildman–Crippen MR) is 75.6 cm³/mol. The van der Waals surface area contributed by atoms with Gasteiger partial charge in [-0.25, -0.2) is 0 Å². The molecule has 2 unspecified atom stereocenters. The van der Waals surface area contributed by atoms with Gasteiger partial charge in [-0.3, -0.25) is 0 Å². The lowest BCUT2D eigenvalue weighted by molar-refractivity contribution is 0.204. The Morgan fingerprint density at radius 2 is 1.56 bits per heavy atom. The molecule has 2 atom stereocenters. The zero-order chi connectivity index (χ0) is 13.0. The quantitative estimate of drug-likeness (QED) is 0.509. The maximum Gasteiger partial charge on any atom is -0.0213 e. The van der Waals surface area contributed by atoms with Crippen LogP contribution >= 0.6 is 0 Å². The van der Waals surface area contributed by atoms with Gasteiger partial charge in [-0.1, -0.05) is 67.4 Å². The van der Waals surface area contributed by atoms with Gasteiger partial charge in [0.15, 0.2) is 0 Å². The molecule has 0 N–H and O–H groups in total. The van der Waals surface area contributed by atoms with Gasteiger partial charge in [-0.15, -0.1) is 6.58 Å². The molecule has 0 heterocycles. The van der Waals surface area contributed by atoms with Crippen LogP contribution in [0.2, 0.25) is 0 Å². The van der Waals surface area contributed by atoms with Crippen LogP contribution in [0.1, 0.15) is 67.7 Å². The lowest BCUT2D eigenvalue weighted by Gasteiger charge is -2.32. The molecule has 0 rings (SSSR count). The molecule has 0 nitrogen and oxygen atoms in total. The van der Waals surface area contributed by atoms with Gasteiger partial charge >= 0.3 is 0 Å². The lowest BCUT2D eigenvalue weighted by atomic mass is 9.73. The first-order valence-electron chi connectivity index (χ1n) is 6.74. The van der Waals surface area contributed by atoms with Gasteiger partial charge < -0.3 is 0 Å². The Morgan fingerprint density at radius 3 is 1.94 bits per heavy atom. The Kier molecular flexibility index (Phi) is 5.79. The van der Waals surface area contributed by atoms with E-state index in [2.05, 4.69) is 61.1 Å². The minimum Gasteiger partial charge on any atom is -0.103 e. The van der Waals surface area contributed by atoms with Gasteiger partial charge in [0.25, 0.3) is 0 Å². The molecule has 0 amide bonds. The third-order valence-electron chi connectivity index (χ3n) is 4.52. The van der Waals surface area contributed by atoms with Crippen LogP contribution in [-0.2, 0) is 0 Å². The van der Waals surface area contributed by atoms with Gasteiger partial charge in [0.05, 0.1) is 0 Å². The second kappa shape index (κ2) is 5.89. The molecule has 0 heteroatoms. The van der Waals surface area contributed by atoms with E-state index in [0.29, 0.717) is 16.7 Å². The van der Waals surface area contributed by atoms with E-state index < -0.39 is 0 Å². The molecule has 0 aliphatic carbocycles. The zero-order valence-corrected chi connectivity index (χ0v) is 12.6. The van der Waals surface area contributed by atoms with Crippen LogP contribution in [0.3, 0.4) is 0 Å². The Hall–Kier alpha value is -0.260. The second-order valence-electron chi connectivity index (χ2n) is 7.17. The molecule has 0 aromatic rings. The molecule has 0 saturated carbocycles. The summed E-state index contributed by atoms with van der Waals surface area (Å²) in [6, 6.07) is 0. The van der Waals surface area contributed by atoms with Crippen LogP contribution in [0.25, 0.3) is 0 Å². The first-order valence-corrected chi connectivity index (χ1v) is 6.74. The van der Waals surface area contributed by atoms with E-state index in [1.54, 1.807) is 0 Å². The molecule has 0 aromatic heterocycles. The van der Waals surface area contributed by atoms with Crippen LogP contribution in [0, 0.1) is 22.7 Å². The smallest absolute Gasteiger partial charge is 0.0213 e. The van der Waals surface area contributed by atoms with Gasteiger partial charge in [-0.05, 0) is 29.1 Å². The highest BCUT2D eigenvalue weighted by Gasteiger charge is 2.25. The molecule has 0 bridgehead atoms. The number of hydrogen-bond donors (Lipinski definition) is 0. The largest absolute Gasteiger partial charge is 0.103 e. The summed E-state index contributed by atoms with van der Waals surface area (Å²) in [5.74, 6) is 1.42. The van der Waals surface area contributed by atoms with E-state index in [1.165, 1.54) is 19.3 Å². The molecule has 0 aliphatic rings. The molecule has 0 aliphatic heterocycles. The second-order valence-corrected chi connectivity index (χ2v) is 7.17. The SMILES string of the molecule is C=CC(C)C(C)(C)CCCC(C)C(C)(C)C. The highest BCUT2D eigenvalue weighted by atomic mass is 14.3. The number of allylic oxidation sites excluding steroid dienone is 1. The fourth-order valence-electron chi connectivity index (χ4n) is 1.84. The fraction of sp³-hybridized carbons (Fsp3) is 0.875. The van der Waals surface area contributed by atoms with Gasteiger partial charge in [0.1, 0.15) is 0 Å². The lowest BCUT2D eigenvalue weighted by Crippen LogP contribution is -2.21. The standard InChI is InChI=1S/C16H32/c1-9-13(2)16(7,8)12-10-11-14(3)15(4,5)6/h9,13-14H,1,10-12H2,2-8H3. The van der Waals surface area contributed by atoms with Crippen molar-refractivity contribution in [2.45, 2.75) is 67.7 Å². The van der Waals surface area contributed by atoms with Crippen molar-refractivity contribution < 1.29 is 0 Å². The maximum absolute atomic E-state index is 3.91. The molecule has 0 saturated heterocycles. The Bertz CT molecular complexity index is 205. The average molecular weight is 224 g/mol. The topological polar surface area (TPSA) is 0 Å². The van der Waals surface area contributed by atoms with Crippen molar-refractivity contribution in [3.8, 4) is 0 Å². The summed E-state index contributed by atoms with van der Waals surface area (Å²) in [5, 5.41) is 0. The predicted octanol–water partition coefficient (Wildman–Crippen LogP) is 5.69. The first-order chi connectivity index (χ1) is 7.11. The minimum atomic E-state index is 0.402. The molecule has 0 radical (unpaired) electrons. The highest BCUT2D eigenvalue weighted by molar-refractivity contribution is 4.87. The van der Waals surface area contributed by atoms with Crippen LogP contribution in [0.4, 0.5) is 0 Å². The summed E-state index contributed by atoms with van der Waals surface area (Å²) in [7, 11) is 0. The Balaban J connectivity index is 4.03. The van der Waals surface area contributed by atoms with Crippen molar-refractivity contribution in [2.75, 3.05) is 0 Å². The summed E-state index contributed by atoms with van der Waals surface area (Å²) >= 11 is 0. The van der Waals surface area contributed by atoms with Gasteiger partial charge in [0, 0.05) is 0 Å². The molecular formula is C16H32. The molecule has 0 aromatic carbocycles. The summed E-state index contributed by atoms with van der Waals surface area (Å²) in [6.45, 7) is 20.3. The first kappa shape index (κ1) is 15.7. The summed E-state index contributed by atoms with van der Waals surface area (Å²) in [5.41, 5.74) is 0.855. The van der Waals surface area contributed by atoms with Gasteiger partial charge in [-0.2, -0.15) is 0 Å². The van der Waals surface area contributed by atoms with Gasteiger partial charge in [0.2, 0.25) is 0 Å². The van der Waals surface area contributed by atoms with Crippen molar-refractivity contribution in [1.29, 1.82) is 0 Å². The minimum absolute atomic E-state index is 0.402. The average Bonchev–Trinajstić information content (AvgIpc) is 2.14. The summed E-state index contributed by atoms with van der Waals surface area (Å²) in [6.07, 6.45) is 6.08. The molecule has 0 fully saturated rings. The molecular weight excluding hydrogens is 192 g/mol. The summed E-state index contributed by atoms with van der Waals surface area (Å²) < 4.78 is 0. The van der Waals surface area contributed by atoms with E-state index in [9.17, 15) is 0 Å². The molecule has 96 valence electrons. The monoisotopic (exact) mass is 224 g/mol. The molecule has 0 spiro atoms. The van der Waals surface area contributed by atoms with Crippen LogP contribution in [0.5, 0.6) is 0 Å². The fourth-order valence-corrected chi connectivity index (χ4v) is 1.84. The van der Waals surface area contributed by atoms with Crippen LogP contribution in [0.15, 0.2) is 12.7 Å². The zero-order valence-electron chi connectivity index (χ0n) is 12.6. The Labute approximate surface area is 104 Å². The molecule has 16 heavy (non-hydrogen) atoms. The number of rotatable bonds is 6. The van der Waals surface area contributed by atoms with Crippen molar-refractivity contribution in [2.24, 2.45) is 22.7 Å².